The van der Waals surface area contributed by atoms with Crippen molar-refractivity contribution in [3.8, 4) is 0 Å². The predicted molar refractivity (Wildman–Crippen MR) is 59.5 cm³/mol. The summed E-state index contributed by atoms with van der Waals surface area (Å²) in [6.45, 7) is 1.98. The van der Waals surface area contributed by atoms with E-state index in [9.17, 15) is 0 Å². The molecule has 0 saturated carbocycles. The van der Waals surface area contributed by atoms with Gasteiger partial charge in [0.15, 0.2) is 0 Å². The van der Waals surface area contributed by atoms with Crippen molar-refractivity contribution in [1.82, 2.24) is 15.0 Å². The molecule has 0 spiro atoms. The molecule has 0 aromatic carbocycles. The van der Waals surface area contributed by atoms with Gasteiger partial charge in [0.05, 0.1) is 16.7 Å². The second kappa shape index (κ2) is 4.46. The van der Waals surface area contributed by atoms with Gasteiger partial charge in [-0.05, 0) is 13.0 Å². The molecule has 0 saturated heterocycles. The molecule has 0 bridgehead atoms. The Morgan fingerprint density at radius 2 is 2.13 bits per heavy atom. The number of nitrogens with zero attached hydrogens (tertiary/aromatic N) is 3. The monoisotopic (exact) mass is 220 g/mol. The first-order valence-corrected chi connectivity index (χ1v) is 5.57. The van der Waals surface area contributed by atoms with Crippen LogP contribution in [0, 0.1) is 6.92 Å². The molecule has 2 N–H and O–H groups in total. The highest BCUT2D eigenvalue weighted by Gasteiger charge is 2.10. The number of thiazole rings is 1. The van der Waals surface area contributed by atoms with Crippen LogP contribution in [-0.2, 0) is 6.42 Å². The number of hydrogen-bond acceptors (Lipinski definition) is 5. The lowest BCUT2D eigenvalue weighted by Crippen LogP contribution is -2.16. The number of rotatable bonds is 3. The van der Waals surface area contributed by atoms with Gasteiger partial charge >= 0.3 is 0 Å². The van der Waals surface area contributed by atoms with Crippen LogP contribution in [0.1, 0.15) is 22.6 Å². The summed E-state index contributed by atoms with van der Waals surface area (Å²) in [5.74, 6) is 0.670. The average molecular weight is 220 g/mol. The molecule has 0 aliphatic heterocycles. The summed E-state index contributed by atoms with van der Waals surface area (Å²) >= 11 is 1.63. The van der Waals surface area contributed by atoms with Crippen molar-refractivity contribution in [2.45, 2.75) is 19.4 Å². The average Bonchev–Trinajstić information content (AvgIpc) is 2.65. The van der Waals surface area contributed by atoms with E-state index in [0.29, 0.717) is 12.2 Å². The van der Waals surface area contributed by atoms with Crippen LogP contribution in [-0.4, -0.2) is 15.0 Å². The summed E-state index contributed by atoms with van der Waals surface area (Å²) in [5, 5.41) is 3.09. The lowest BCUT2D eigenvalue weighted by atomic mass is 10.2. The van der Waals surface area contributed by atoms with Crippen molar-refractivity contribution in [1.29, 1.82) is 0 Å². The fraction of sp³-hybridized carbons (Fsp3) is 0.300. The van der Waals surface area contributed by atoms with E-state index in [1.807, 2.05) is 12.3 Å². The molecule has 1 atom stereocenters. The number of nitrogens with two attached hydrogens (primary N) is 1. The Balaban J connectivity index is 2.07. The zero-order chi connectivity index (χ0) is 10.7. The lowest BCUT2D eigenvalue weighted by molar-refractivity contribution is 0.657. The third kappa shape index (κ3) is 2.57. The second-order valence-electron chi connectivity index (χ2n) is 3.28. The minimum Gasteiger partial charge on any atom is -0.321 e. The molecule has 2 aromatic rings. The molecule has 0 fully saturated rings. The summed E-state index contributed by atoms with van der Waals surface area (Å²) in [4.78, 5) is 12.6. The van der Waals surface area contributed by atoms with Gasteiger partial charge in [-0.1, -0.05) is 0 Å². The van der Waals surface area contributed by atoms with Crippen LogP contribution in [0.25, 0.3) is 0 Å². The summed E-state index contributed by atoms with van der Waals surface area (Å²) in [6, 6.07) is 1.61. The van der Waals surface area contributed by atoms with Gasteiger partial charge in [0.25, 0.3) is 0 Å². The lowest BCUT2D eigenvalue weighted by Gasteiger charge is -2.07. The molecular weight excluding hydrogens is 208 g/mol. The van der Waals surface area contributed by atoms with E-state index in [-0.39, 0.29) is 6.04 Å². The Labute approximate surface area is 92.2 Å². The topological polar surface area (TPSA) is 64.7 Å². The zero-order valence-electron chi connectivity index (χ0n) is 8.42. The van der Waals surface area contributed by atoms with Gasteiger partial charge in [-0.3, -0.25) is 0 Å². The third-order valence-corrected chi connectivity index (χ3v) is 2.84. The quantitative estimate of drug-likeness (QED) is 0.851. The molecule has 1 unspecified atom stereocenters. The first-order chi connectivity index (χ1) is 7.25. The van der Waals surface area contributed by atoms with Crippen LogP contribution in [0.3, 0.4) is 0 Å². The SMILES string of the molecule is Cc1nc(CC(N)c2ncccn2)cs1. The molecule has 0 aliphatic rings. The highest BCUT2D eigenvalue weighted by atomic mass is 32.1. The third-order valence-electron chi connectivity index (χ3n) is 2.01. The van der Waals surface area contributed by atoms with Crippen LogP contribution < -0.4 is 5.73 Å². The maximum absolute atomic E-state index is 5.98. The van der Waals surface area contributed by atoms with Crippen molar-refractivity contribution in [3.05, 3.63) is 40.4 Å². The first kappa shape index (κ1) is 10.2. The van der Waals surface area contributed by atoms with Crippen molar-refractivity contribution >= 4 is 11.3 Å². The predicted octanol–water partition coefficient (Wildman–Crippen LogP) is 1.48. The maximum Gasteiger partial charge on any atom is 0.145 e. The van der Waals surface area contributed by atoms with Gasteiger partial charge in [0, 0.05) is 24.2 Å². The fourth-order valence-corrected chi connectivity index (χ4v) is 1.95. The van der Waals surface area contributed by atoms with Crippen molar-refractivity contribution < 1.29 is 0 Å². The molecule has 0 amide bonds. The van der Waals surface area contributed by atoms with Crippen LogP contribution in [0.5, 0.6) is 0 Å². The highest BCUT2D eigenvalue weighted by molar-refractivity contribution is 7.09. The molecule has 0 radical (unpaired) electrons. The Hall–Kier alpha value is -1.33. The van der Waals surface area contributed by atoms with E-state index >= 15 is 0 Å². The van der Waals surface area contributed by atoms with Gasteiger partial charge in [0.2, 0.25) is 0 Å². The van der Waals surface area contributed by atoms with Crippen molar-refractivity contribution in [2.75, 3.05) is 0 Å². The van der Waals surface area contributed by atoms with E-state index < -0.39 is 0 Å². The van der Waals surface area contributed by atoms with E-state index in [1.165, 1.54) is 0 Å². The Bertz CT molecular complexity index is 426. The van der Waals surface area contributed by atoms with E-state index in [1.54, 1.807) is 29.8 Å². The Kier molecular flexibility index (Phi) is 3.03. The largest absolute Gasteiger partial charge is 0.321 e. The Morgan fingerprint density at radius 1 is 1.40 bits per heavy atom. The van der Waals surface area contributed by atoms with Crippen LogP contribution in [0.15, 0.2) is 23.8 Å². The summed E-state index contributed by atoms with van der Waals surface area (Å²) < 4.78 is 0. The van der Waals surface area contributed by atoms with Crippen molar-refractivity contribution in [2.24, 2.45) is 5.73 Å². The second-order valence-corrected chi connectivity index (χ2v) is 4.34. The van der Waals surface area contributed by atoms with E-state index in [0.717, 1.165) is 10.7 Å². The fourth-order valence-electron chi connectivity index (χ4n) is 1.32. The minimum atomic E-state index is -0.173. The molecule has 2 heterocycles. The molecular formula is C10H12N4S. The zero-order valence-corrected chi connectivity index (χ0v) is 9.24. The maximum atomic E-state index is 5.98. The molecule has 5 heteroatoms. The minimum absolute atomic E-state index is 0.173. The van der Waals surface area contributed by atoms with Gasteiger partial charge in [0.1, 0.15) is 5.82 Å². The number of hydrogen-bond donors (Lipinski definition) is 1. The van der Waals surface area contributed by atoms with E-state index in [2.05, 4.69) is 15.0 Å². The van der Waals surface area contributed by atoms with Crippen molar-refractivity contribution in [3.63, 3.8) is 0 Å². The molecule has 4 nitrogen and oxygen atoms in total. The summed E-state index contributed by atoms with van der Waals surface area (Å²) in [5.41, 5.74) is 6.99. The number of aryl methyl sites for hydroxylation is 1. The highest BCUT2D eigenvalue weighted by Crippen LogP contribution is 2.14. The van der Waals surface area contributed by atoms with Gasteiger partial charge in [-0.2, -0.15) is 0 Å². The molecule has 78 valence electrons. The Morgan fingerprint density at radius 3 is 2.73 bits per heavy atom. The summed E-state index contributed by atoms with van der Waals surface area (Å²) in [6.07, 6.45) is 4.09. The molecule has 0 aliphatic carbocycles. The first-order valence-electron chi connectivity index (χ1n) is 4.69. The normalized spacial score (nSPS) is 12.7. The standard InChI is InChI=1S/C10H12N4S/c1-7-14-8(6-15-7)5-9(11)10-12-3-2-4-13-10/h2-4,6,9H,5,11H2,1H3. The van der Waals surface area contributed by atoms with E-state index in [4.69, 9.17) is 5.73 Å². The van der Waals surface area contributed by atoms with Gasteiger partial charge in [-0.25, -0.2) is 15.0 Å². The molecule has 15 heavy (non-hydrogen) atoms. The molecule has 2 aromatic heterocycles. The van der Waals surface area contributed by atoms with Crippen LogP contribution in [0.2, 0.25) is 0 Å². The molecule has 2 rings (SSSR count). The number of aromatic nitrogens is 3. The summed E-state index contributed by atoms with van der Waals surface area (Å²) in [7, 11) is 0. The smallest absolute Gasteiger partial charge is 0.145 e. The van der Waals surface area contributed by atoms with Crippen LogP contribution in [0.4, 0.5) is 0 Å². The van der Waals surface area contributed by atoms with Gasteiger partial charge < -0.3 is 5.73 Å². The van der Waals surface area contributed by atoms with Crippen LogP contribution >= 0.6 is 11.3 Å². The van der Waals surface area contributed by atoms with Gasteiger partial charge in [-0.15, -0.1) is 11.3 Å².